The molecule has 1 amide bonds. The molecule has 0 bridgehead atoms. The molecule has 3 N–H and O–H groups in total. The van der Waals surface area contributed by atoms with Crippen LogP contribution in [0.5, 0.6) is 0 Å². The predicted molar refractivity (Wildman–Crippen MR) is 112 cm³/mol. The largest absolute Gasteiger partial charge is 0.379 e. The molecular formula is C18H26ClN7O3. The van der Waals surface area contributed by atoms with E-state index in [1.54, 1.807) is 16.9 Å². The lowest BCUT2D eigenvalue weighted by atomic mass is 10.1. The Labute approximate surface area is 175 Å². The Morgan fingerprint density at radius 1 is 1.34 bits per heavy atom. The molecule has 10 nitrogen and oxygen atoms in total. The highest BCUT2D eigenvalue weighted by atomic mass is 35.5. The van der Waals surface area contributed by atoms with Crippen molar-refractivity contribution in [1.82, 2.24) is 25.6 Å². The van der Waals surface area contributed by atoms with E-state index in [1.165, 1.54) is 6.07 Å². The SMILES string of the molecule is Cc1ccc(NCCCNC(=O)c2cn(C3CCNCC3)nn2)c([N+](=O)[O-])c1.Cl. The fourth-order valence-electron chi connectivity index (χ4n) is 3.18. The zero-order valence-electron chi connectivity index (χ0n) is 16.3. The second-order valence-electron chi connectivity index (χ2n) is 6.88. The third-order valence-corrected chi connectivity index (χ3v) is 4.73. The van der Waals surface area contributed by atoms with Crippen molar-refractivity contribution in [3.8, 4) is 0 Å². The molecule has 158 valence electrons. The number of rotatable bonds is 8. The van der Waals surface area contributed by atoms with Gasteiger partial charge < -0.3 is 16.0 Å². The lowest BCUT2D eigenvalue weighted by molar-refractivity contribution is -0.384. The van der Waals surface area contributed by atoms with Crippen LogP contribution < -0.4 is 16.0 Å². The van der Waals surface area contributed by atoms with Gasteiger partial charge in [0.15, 0.2) is 5.69 Å². The lowest BCUT2D eigenvalue weighted by Gasteiger charge is -2.22. The number of nitro benzene ring substituents is 1. The molecule has 1 aliphatic heterocycles. The number of nitro groups is 1. The minimum atomic E-state index is -0.400. The number of benzene rings is 1. The number of piperidine rings is 1. The van der Waals surface area contributed by atoms with Crippen LogP contribution in [0.1, 0.15) is 41.4 Å². The third kappa shape index (κ3) is 6.13. The van der Waals surface area contributed by atoms with E-state index in [9.17, 15) is 14.9 Å². The second kappa shape index (κ2) is 10.7. The van der Waals surface area contributed by atoms with E-state index in [4.69, 9.17) is 0 Å². The molecule has 1 saturated heterocycles. The normalized spacial score (nSPS) is 14.1. The number of hydrogen-bond acceptors (Lipinski definition) is 7. The maximum atomic E-state index is 12.2. The lowest BCUT2D eigenvalue weighted by Crippen LogP contribution is -2.29. The van der Waals surface area contributed by atoms with E-state index in [0.29, 0.717) is 30.9 Å². The maximum Gasteiger partial charge on any atom is 0.292 e. The number of nitrogens with one attached hydrogen (secondary N) is 3. The first kappa shape index (κ1) is 22.6. The molecule has 3 rings (SSSR count). The van der Waals surface area contributed by atoms with Crippen molar-refractivity contribution in [3.63, 3.8) is 0 Å². The van der Waals surface area contributed by atoms with Crippen molar-refractivity contribution in [2.75, 3.05) is 31.5 Å². The Hall–Kier alpha value is -2.72. The van der Waals surface area contributed by atoms with Crippen molar-refractivity contribution in [2.24, 2.45) is 0 Å². The zero-order valence-corrected chi connectivity index (χ0v) is 17.1. The molecule has 1 aromatic heterocycles. The fraction of sp³-hybridized carbons (Fsp3) is 0.500. The van der Waals surface area contributed by atoms with Gasteiger partial charge in [-0.3, -0.25) is 14.9 Å². The van der Waals surface area contributed by atoms with Gasteiger partial charge in [0.2, 0.25) is 0 Å². The van der Waals surface area contributed by atoms with Crippen LogP contribution in [-0.2, 0) is 0 Å². The summed E-state index contributed by atoms with van der Waals surface area (Å²) >= 11 is 0. The molecule has 0 saturated carbocycles. The van der Waals surface area contributed by atoms with Crippen LogP contribution in [0.4, 0.5) is 11.4 Å². The number of amides is 1. The first-order valence-electron chi connectivity index (χ1n) is 9.44. The minimum absolute atomic E-state index is 0. The van der Waals surface area contributed by atoms with Crippen molar-refractivity contribution in [2.45, 2.75) is 32.2 Å². The average Bonchev–Trinajstić information content (AvgIpc) is 3.19. The van der Waals surface area contributed by atoms with E-state index in [1.807, 2.05) is 13.0 Å². The standard InChI is InChI=1S/C18H25N7O3.ClH/c1-13-3-4-15(17(11-13)25(27)28)20-7-2-8-21-18(26)16-12-24(23-22-16)14-5-9-19-10-6-14;/h3-4,11-12,14,19-20H,2,5-10H2,1H3,(H,21,26);1H. The molecular weight excluding hydrogens is 398 g/mol. The Kier molecular flexibility index (Phi) is 8.34. The van der Waals surface area contributed by atoms with Crippen molar-refractivity contribution >= 4 is 29.7 Å². The molecule has 0 aliphatic carbocycles. The van der Waals surface area contributed by atoms with Crippen LogP contribution in [0, 0.1) is 17.0 Å². The number of carbonyl (C=O) groups excluding carboxylic acids is 1. The number of hydrogen-bond donors (Lipinski definition) is 3. The fourth-order valence-corrected chi connectivity index (χ4v) is 3.18. The average molecular weight is 424 g/mol. The first-order chi connectivity index (χ1) is 13.5. The van der Waals surface area contributed by atoms with Crippen molar-refractivity contribution in [1.29, 1.82) is 0 Å². The summed E-state index contributed by atoms with van der Waals surface area (Å²) in [4.78, 5) is 22.9. The molecule has 1 fully saturated rings. The van der Waals surface area contributed by atoms with E-state index < -0.39 is 4.92 Å². The summed E-state index contributed by atoms with van der Waals surface area (Å²) in [5.74, 6) is -0.262. The molecule has 29 heavy (non-hydrogen) atoms. The van der Waals surface area contributed by atoms with Crippen LogP contribution in [-0.4, -0.2) is 52.0 Å². The molecule has 0 radical (unpaired) electrons. The van der Waals surface area contributed by atoms with Crippen LogP contribution in [0.2, 0.25) is 0 Å². The van der Waals surface area contributed by atoms with Gasteiger partial charge in [0.05, 0.1) is 17.2 Å². The molecule has 0 unspecified atom stereocenters. The van der Waals surface area contributed by atoms with Crippen molar-refractivity contribution in [3.05, 3.63) is 45.8 Å². The third-order valence-electron chi connectivity index (χ3n) is 4.73. The monoisotopic (exact) mass is 423 g/mol. The van der Waals surface area contributed by atoms with Gasteiger partial charge in [0.25, 0.3) is 11.6 Å². The topological polar surface area (TPSA) is 127 Å². The van der Waals surface area contributed by atoms with Gasteiger partial charge in [-0.1, -0.05) is 11.3 Å². The highest BCUT2D eigenvalue weighted by Crippen LogP contribution is 2.25. The second-order valence-corrected chi connectivity index (χ2v) is 6.88. The molecule has 1 aliphatic rings. The molecule has 2 heterocycles. The maximum absolute atomic E-state index is 12.2. The number of nitrogens with zero attached hydrogens (tertiary/aromatic N) is 4. The van der Waals surface area contributed by atoms with Gasteiger partial charge in [-0.2, -0.15) is 0 Å². The summed E-state index contributed by atoms with van der Waals surface area (Å²) in [6.07, 6.45) is 4.26. The summed E-state index contributed by atoms with van der Waals surface area (Å²) in [5, 5.41) is 28.3. The van der Waals surface area contributed by atoms with E-state index in [-0.39, 0.29) is 30.0 Å². The summed E-state index contributed by atoms with van der Waals surface area (Å²) < 4.78 is 1.77. The van der Waals surface area contributed by atoms with Crippen LogP contribution >= 0.6 is 12.4 Å². The summed E-state index contributed by atoms with van der Waals surface area (Å²) in [6.45, 7) is 4.64. The van der Waals surface area contributed by atoms with Gasteiger partial charge in [-0.05, 0) is 50.9 Å². The Bertz CT molecular complexity index is 837. The van der Waals surface area contributed by atoms with E-state index >= 15 is 0 Å². The smallest absolute Gasteiger partial charge is 0.292 e. The molecule has 0 spiro atoms. The number of aromatic nitrogens is 3. The highest BCUT2D eigenvalue weighted by Gasteiger charge is 2.18. The summed E-state index contributed by atoms with van der Waals surface area (Å²) in [7, 11) is 0. The van der Waals surface area contributed by atoms with E-state index in [0.717, 1.165) is 31.5 Å². The van der Waals surface area contributed by atoms with Gasteiger partial charge >= 0.3 is 0 Å². The number of carbonyl (C=O) groups is 1. The Balaban J connectivity index is 0.00000300. The van der Waals surface area contributed by atoms with Gasteiger partial charge in [-0.15, -0.1) is 17.5 Å². The Morgan fingerprint density at radius 3 is 2.83 bits per heavy atom. The van der Waals surface area contributed by atoms with Crippen LogP contribution in [0.15, 0.2) is 24.4 Å². The molecule has 11 heteroatoms. The van der Waals surface area contributed by atoms with Crippen molar-refractivity contribution < 1.29 is 9.72 Å². The number of aryl methyl sites for hydroxylation is 1. The number of halogens is 1. The van der Waals surface area contributed by atoms with Crippen LogP contribution in [0.25, 0.3) is 0 Å². The van der Waals surface area contributed by atoms with Gasteiger partial charge in [-0.25, -0.2) is 4.68 Å². The molecule has 2 aromatic rings. The zero-order chi connectivity index (χ0) is 19.9. The first-order valence-corrected chi connectivity index (χ1v) is 9.44. The van der Waals surface area contributed by atoms with E-state index in [2.05, 4.69) is 26.3 Å². The Morgan fingerprint density at radius 2 is 2.10 bits per heavy atom. The predicted octanol–water partition coefficient (Wildman–Crippen LogP) is 2.07. The quantitative estimate of drug-likeness (QED) is 0.337. The molecule has 1 aromatic carbocycles. The minimum Gasteiger partial charge on any atom is -0.379 e. The molecule has 0 atom stereocenters. The van der Waals surface area contributed by atoms with Gasteiger partial charge in [0, 0.05) is 19.2 Å². The summed E-state index contributed by atoms with van der Waals surface area (Å²) in [5.41, 5.74) is 1.67. The van der Waals surface area contributed by atoms with Crippen LogP contribution in [0.3, 0.4) is 0 Å². The van der Waals surface area contributed by atoms with Gasteiger partial charge in [0.1, 0.15) is 5.69 Å². The highest BCUT2D eigenvalue weighted by molar-refractivity contribution is 5.91. The summed E-state index contributed by atoms with van der Waals surface area (Å²) in [6, 6.07) is 5.34. The number of anilines is 1.